The highest BCUT2D eigenvalue weighted by Gasteiger charge is 2.21. The summed E-state index contributed by atoms with van der Waals surface area (Å²) in [5, 5.41) is 18.5. The fourth-order valence-corrected chi connectivity index (χ4v) is 6.73. The minimum atomic E-state index is -0.690. The predicted molar refractivity (Wildman–Crippen MR) is 174 cm³/mol. The second kappa shape index (κ2) is 10.1. The minimum absolute atomic E-state index is 0.189. The van der Waals surface area contributed by atoms with Crippen LogP contribution in [0.3, 0.4) is 0 Å². The van der Waals surface area contributed by atoms with E-state index in [1.54, 1.807) is 0 Å². The number of aliphatic hydroxyl groups excluding tert-OH is 1. The summed E-state index contributed by atoms with van der Waals surface area (Å²) >= 11 is 0. The Kier molecular flexibility index (Phi) is 5.90. The number of hydrogen-bond donors (Lipinski definition) is 3. The van der Waals surface area contributed by atoms with Crippen LogP contribution in [0.5, 0.6) is 0 Å². The largest absolute Gasteiger partial charge is 0.384 e. The summed E-state index contributed by atoms with van der Waals surface area (Å²) in [4.78, 5) is 6.95. The fraction of sp³-hybridized carbons (Fsp3) is 0.0769. The summed E-state index contributed by atoms with van der Waals surface area (Å²) in [5.41, 5.74) is 7.91. The Morgan fingerprint density at radius 1 is 0.524 bits per heavy atom. The smallest absolute Gasteiger partial charge is 0.106 e. The number of nitrogens with one attached hydrogen (secondary N) is 2. The van der Waals surface area contributed by atoms with Crippen molar-refractivity contribution in [3.63, 3.8) is 0 Å². The highest BCUT2D eigenvalue weighted by molar-refractivity contribution is 6.09. The molecule has 3 heteroatoms. The quantitative estimate of drug-likeness (QED) is 0.193. The summed E-state index contributed by atoms with van der Waals surface area (Å²) in [5.74, 6) is 0.189. The van der Waals surface area contributed by atoms with Gasteiger partial charge in [0.05, 0.1) is 0 Å². The molecule has 0 saturated heterocycles. The van der Waals surface area contributed by atoms with Gasteiger partial charge in [0.15, 0.2) is 0 Å². The average molecular weight is 543 g/mol. The van der Waals surface area contributed by atoms with Gasteiger partial charge in [0.2, 0.25) is 0 Å². The Hall–Kier alpha value is -5.12. The number of aromatic nitrogens is 2. The number of benzene rings is 6. The first-order chi connectivity index (χ1) is 20.7. The molecule has 0 spiro atoms. The number of H-pyrrole nitrogens is 2. The van der Waals surface area contributed by atoms with E-state index in [4.69, 9.17) is 0 Å². The van der Waals surface area contributed by atoms with Crippen molar-refractivity contribution in [1.82, 2.24) is 9.97 Å². The molecule has 2 unspecified atom stereocenters. The van der Waals surface area contributed by atoms with Crippen molar-refractivity contribution in [2.75, 3.05) is 0 Å². The summed E-state index contributed by atoms with van der Waals surface area (Å²) in [6.45, 7) is 0. The van der Waals surface area contributed by atoms with Crippen LogP contribution in [0.2, 0.25) is 0 Å². The number of hydrogen-bond acceptors (Lipinski definition) is 1. The Balaban J connectivity index is 1.24. The van der Waals surface area contributed by atoms with Crippen molar-refractivity contribution >= 4 is 43.4 Å². The van der Waals surface area contributed by atoms with Crippen LogP contribution in [-0.2, 0) is 6.42 Å². The monoisotopic (exact) mass is 542 g/mol. The zero-order valence-corrected chi connectivity index (χ0v) is 23.1. The molecule has 42 heavy (non-hydrogen) atoms. The normalized spacial score (nSPS) is 13.3. The van der Waals surface area contributed by atoms with Gasteiger partial charge in [-0.15, -0.1) is 0 Å². The molecular weight excluding hydrogens is 512 g/mol. The summed E-state index contributed by atoms with van der Waals surface area (Å²) < 4.78 is 0. The number of aromatic amines is 2. The topological polar surface area (TPSA) is 51.8 Å². The highest BCUT2D eigenvalue weighted by Crippen LogP contribution is 2.39. The van der Waals surface area contributed by atoms with E-state index < -0.39 is 6.10 Å². The average Bonchev–Trinajstić information content (AvgIpc) is 3.69. The van der Waals surface area contributed by atoms with Crippen molar-refractivity contribution in [2.45, 2.75) is 18.4 Å². The van der Waals surface area contributed by atoms with E-state index in [1.807, 2.05) is 36.5 Å². The van der Waals surface area contributed by atoms with Crippen molar-refractivity contribution in [3.8, 4) is 0 Å². The maximum absolute atomic E-state index is 11.3. The molecule has 0 saturated carbocycles. The van der Waals surface area contributed by atoms with Crippen LogP contribution in [0.4, 0.5) is 0 Å². The van der Waals surface area contributed by atoms with Crippen LogP contribution < -0.4 is 0 Å². The lowest BCUT2D eigenvalue weighted by atomic mass is 9.84. The van der Waals surface area contributed by atoms with Crippen LogP contribution in [-0.4, -0.2) is 15.1 Å². The molecule has 0 bridgehead atoms. The van der Waals surface area contributed by atoms with Crippen molar-refractivity contribution in [2.24, 2.45) is 0 Å². The van der Waals surface area contributed by atoms with E-state index >= 15 is 0 Å². The van der Waals surface area contributed by atoms with Crippen LogP contribution in [0, 0.1) is 0 Å². The molecule has 3 nitrogen and oxygen atoms in total. The predicted octanol–water partition coefficient (Wildman–Crippen LogP) is 9.41. The molecule has 8 rings (SSSR count). The third-order valence-electron chi connectivity index (χ3n) is 8.78. The maximum Gasteiger partial charge on any atom is 0.106 e. The molecule has 0 aliphatic heterocycles. The van der Waals surface area contributed by atoms with E-state index in [9.17, 15) is 5.11 Å². The first-order valence-corrected chi connectivity index (χ1v) is 14.5. The number of rotatable bonds is 6. The second-order valence-electron chi connectivity index (χ2n) is 11.2. The first kappa shape index (κ1) is 24.7. The third kappa shape index (κ3) is 4.09. The number of aliphatic hydroxyl groups is 1. The molecule has 0 radical (unpaired) electrons. The molecule has 6 aromatic carbocycles. The molecule has 2 aromatic heterocycles. The standard InChI is InChI=1S/C39H30N2O/c42-39(28-12-5-2-6-13-28)34-24-41-36-20-17-29-21-25(15-18-31(29)38(34)36)22-32(26-9-3-1-4-10-26)33-23-40-35-19-16-27-11-7-8-14-30(27)37(33)35/h1-21,23-24,32,39-42H,22H2. The SMILES string of the molecule is OC(c1ccccc1)c1c[nH]c2ccc3cc(CC(c4ccccc4)c4c[nH]c5ccc6ccccc6c45)ccc3c12. The van der Waals surface area contributed by atoms with E-state index in [2.05, 4.69) is 113 Å². The van der Waals surface area contributed by atoms with Crippen LogP contribution in [0.15, 0.2) is 140 Å². The van der Waals surface area contributed by atoms with Gasteiger partial charge in [-0.3, -0.25) is 0 Å². The molecule has 0 fully saturated rings. The van der Waals surface area contributed by atoms with E-state index in [-0.39, 0.29) is 5.92 Å². The van der Waals surface area contributed by atoms with Gasteiger partial charge < -0.3 is 15.1 Å². The molecule has 3 N–H and O–H groups in total. The zero-order chi connectivity index (χ0) is 28.0. The van der Waals surface area contributed by atoms with Crippen molar-refractivity contribution in [3.05, 3.63) is 168 Å². The molecule has 0 aliphatic rings. The van der Waals surface area contributed by atoms with Crippen molar-refractivity contribution < 1.29 is 5.11 Å². The van der Waals surface area contributed by atoms with Gasteiger partial charge in [-0.25, -0.2) is 0 Å². The van der Waals surface area contributed by atoms with E-state index in [1.165, 1.54) is 43.8 Å². The van der Waals surface area contributed by atoms with Crippen molar-refractivity contribution in [1.29, 1.82) is 0 Å². The lowest BCUT2D eigenvalue weighted by molar-refractivity contribution is 0.222. The van der Waals surface area contributed by atoms with Gasteiger partial charge in [-0.05, 0) is 62.4 Å². The minimum Gasteiger partial charge on any atom is -0.384 e. The van der Waals surface area contributed by atoms with Gasteiger partial charge in [0.1, 0.15) is 6.10 Å². The maximum atomic E-state index is 11.3. The van der Waals surface area contributed by atoms with Crippen LogP contribution >= 0.6 is 0 Å². The van der Waals surface area contributed by atoms with Crippen LogP contribution in [0.1, 0.15) is 39.8 Å². The summed E-state index contributed by atoms with van der Waals surface area (Å²) in [6, 6.07) is 44.9. The molecule has 0 amide bonds. The lowest BCUT2D eigenvalue weighted by Gasteiger charge is -2.19. The molecule has 2 heterocycles. The van der Waals surface area contributed by atoms with E-state index in [0.29, 0.717) is 0 Å². The van der Waals surface area contributed by atoms with Gasteiger partial charge in [0, 0.05) is 45.7 Å². The van der Waals surface area contributed by atoms with Crippen LogP contribution in [0.25, 0.3) is 43.4 Å². The Labute approximate surface area is 244 Å². The molecule has 0 aliphatic carbocycles. The van der Waals surface area contributed by atoms with Gasteiger partial charge >= 0.3 is 0 Å². The Bertz CT molecular complexity index is 2190. The third-order valence-corrected chi connectivity index (χ3v) is 8.78. The molecule has 202 valence electrons. The van der Waals surface area contributed by atoms with Gasteiger partial charge in [0.25, 0.3) is 0 Å². The Morgan fingerprint density at radius 3 is 1.88 bits per heavy atom. The van der Waals surface area contributed by atoms with E-state index in [0.717, 1.165) is 33.8 Å². The van der Waals surface area contributed by atoms with Gasteiger partial charge in [-0.2, -0.15) is 0 Å². The Morgan fingerprint density at radius 2 is 1.12 bits per heavy atom. The van der Waals surface area contributed by atoms with Gasteiger partial charge in [-0.1, -0.05) is 115 Å². The second-order valence-corrected chi connectivity index (χ2v) is 11.2. The molecular formula is C39H30N2O. The fourth-order valence-electron chi connectivity index (χ4n) is 6.73. The zero-order valence-electron chi connectivity index (χ0n) is 23.1. The molecule has 2 atom stereocenters. The summed E-state index contributed by atoms with van der Waals surface area (Å²) in [7, 11) is 0. The highest BCUT2D eigenvalue weighted by atomic mass is 16.3. The molecule has 8 aromatic rings. The number of fused-ring (bicyclic) bond motifs is 6. The lowest BCUT2D eigenvalue weighted by Crippen LogP contribution is -2.05. The summed E-state index contributed by atoms with van der Waals surface area (Å²) in [6.07, 6.45) is 4.34. The first-order valence-electron chi connectivity index (χ1n) is 14.5.